The van der Waals surface area contributed by atoms with Gasteiger partial charge in [-0.15, -0.1) is 0 Å². The Hall–Kier alpha value is -1.68. The zero-order valence-electron chi connectivity index (χ0n) is 9.14. The minimum absolute atomic E-state index is 0.102. The highest BCUT2D eigenvalue weighted by molar-refractivity contribution is 6.40. The second-order valence-corrected chi connectivity index (χ2v) is 3.03. The first-order valence-corrected chi connectivity index (χ1v) is 5.10. The molecule has 86 valence electrons. The fourth-order valence-corrected chi connectivity index (χ4v) is 1.11. The lowest BCUT2D eigenvalue weighted by molar-refractivity contribution is -0.139. The summed E-state index contributed by atoms with van der Waals surface area (Å²) in [4.78, 5) is 22.8. The number of hydrogen-bond acceptors (Lipinski definition) is 4. The maximum absolute atomic E-state index is 11.5. The van der Waals surface area contributed by atoms with Crippen LogP contribution < -0.4 is 0 Å². The fraction of sp³-hybridized carbons (Fsp3) is 0.333. The average Bonchev–Trinajstić information content (AvgIpc) is 2.34. The third-order valence-corrected chi connectivity index (χ3v) is 1.89. The van der Waals surface area contributed by atoms with Gasteiger partial charge < -0.3 is 9.47 Å². The first-order chi connectivity index (χ1) is 7.75. The van der Waals surface area contributed by atoms with Crippen molar-refractivity contribution in [2.45, 2.75) is 6.92 Å². The van der Waals surface area contributed by atoms with Crippen LogP contribution in [0.4, 0.5) is 0 Å². The average molecular weight is 222 g/mol. The van der Waals surface area contributed by atoms with E-state index in [-0.39, 0.29) is 6.61 Å². The Balaban J connectivity index is 2.40. The summed E-state index contributed by atoms with van der Waals surface area (Å²) in [7, 11) is 0. The molecule has 0 unspecified atom stereocenters. The van der Waals surface area contributed by atoms with E-state index in [1.165, 1.54) is 0 Å². The molecule has 0 spiro atoms. The molecule has 0 saturated heterocycles. The molecule has 0 atom stereocenters. The van der Waals surface area contributed by atoms with Gasteiger partial charge in [-0.1, -0.05) is 30.3 Å². The van der Waals surface area contributed by atoms with Gasteiger partial charge in [0.2, 0.25) is 0 Å². The molecule has 4 nitrogen and oxygen atoms in total. The van der Waals surface area contributed by atoms with Crippen LogP contribution in [0.1, 0.15) is 17.3 Å². The van der Waals surface area contributed by atoms with E-state index in [1.54, 1.807) is 30.3 Å². The third kappa shape index (κ3) is 3.82. The second kappa shape index (κ2) is 6.74. The molecule has 0 aliphatic carbocycles. The molecule has 1 aromatic carbocycles. The summed E-state index contributed by atoms with van der Waals surface area (Å²) < 4.78 is 9.73. The van der Waals surface area contributed by atoms with E-state index >= 15 is 0 Å². The Labute approximate surface area is 94.2 Å². The van der Waals surface area contributed by atoms with Crippen molar-refractivity contribution >= 4 is 11.8 Å². The van der Waals surface area contributed by atoms with Crippen LogP contribution in [0.25, 0.3) is 0 Å². The normalized spacial score (nSPS) is 9.81. The van der Waals surface area contributed by atoms with E-state index in [2.05, 4.69) is 0 Å². The molecule has 1 rings (SSSR count). The van der Waals surface area contributed by atoms with Gasteiger partial charge in [0.1, 0.15) is 6.61 Å². The number of carbonyl (C=O) groups is 2. The van der Waals surface area contributed by atoms with Crippen LogP contribution in [0, 0.1) is 0 Å². The summed E-state index contributed by atoms with van der Waals surface area (Å²) in [6.45, 7) is 2.82. The van der Waals surface area contributed by atoms with Gasteiger partial charge in [-0.25, -0.2) is 4.79 Å². The maximum atomic E-state index is 11.5. The van der Waals surface area contributed by atoms with Gasteiger partial charge in [0.15, 0.2) is 0 Å². The SMILES string of the molecule is CCOCCOC(=O)C(=O)c1ccccc1. The summed E-state index contributed by atoms with van der Waals surface area (Å²) in [5, 5.41) is 0. The number of benzene rings is 1. The van der Waals surface area contributed by atoms with Gasteiger partial charge in [-0.05, 0) is 6.92 Å². The number of hydrogen-bond donors (Lipinski definition) is 0. The molecular weight excluding hydrogens is 208 g/mol. The van der Waals surface area contributed by atoms with E-state index < -0.39 is 11.8 Å². The number of rotatable bonds is 6. The molecule has 0 aliphatic heterocycles. The van der Waals surface area contributed by atoms with Crippen LogP contribution in [-0.2, 0) is 14.3 Å². The summed E-state index contributed by atoms with van der Waals surface area (Å²) in [6, 6.07) is 8.32. The van der Waals surface area contributed by atoms with Crippen LogP contribution in [0.2, 0.25) is 0 Å². The molecule has 0 fully saturated rings. The molecular formula is C12H14O4. The molecule has 0 radical (unpaired) electrons. The van der Waals surface area contributed by atoms with Crippen molar-refractivity contribution in [3.63, 3.8) is 0 Å². The topological polar surface area (TPSA) is 52.6 Å². The molecule has 0 aliphatic rings. The lowest BCUT2D eigenvalue weighted by atomic mass is 10.1. The number of ether oxygens (including phenoxy) is 2. The zero-order valence-corrected chi connectivity index (χ0v) is 9.14. The molecule has 4 heteroatoms. The van der Waals surface area contributed by atoms with Crippen LogP contribution in [0.3, 0.4) is 0 Å². The van der Waals surface area contributed by atoms with Crippen molar-refractivity contribution < 1.29 is 19.1 Å². The quantitative estimate of drug-likeness (QED) is 0.316. The van der Waals surface area contributed by atoms with Crippen LogP contribution in [0.15, 0.2) is 30.3 Å². The molecule has 1 aromatic rings. The molecule has 0 saturated carbocycles. The summed E-state index contributed by atoms with van der Waals surface area (Å²) in [6.07, 6.45) is 0. The van der Waals surface area contributed by atoms with Crippen molar-refractivity contribution in [1.29, 1.82) is 0 Å². The molecule has 0 bridgehead atoms. The van der Waals surface area contributed by atoms with Gasteiger partial charge in [0, 0.05) is 12.2 Å². The highest BCUT2D eigenvalue weighted by Gasteiger charge is 2.16. The lowest BCUT2D eigenvalue weighted by Gasteiger charge is -2.03. The third-order valence-electron chi connectivity index (χ3n) is 1.89. The van der Waals surface area contributed by atoms with Gasteiger partial charge in [-0.3, -0.25) is 4.79 Å². The maximum Gasteiger partial charge on any atom is 0.379 e. The largest absolute Gasteiger partial charge is 0.457 e. The molecule has 0 aromatic heterocycles. The minimum atomic E-state index is -0.842. The standard InChI is InChI=1S/C12H14O4/c1-2-15-8-9-16-12(14)11(13)10-6-4-3-5-7-10/h3-7H,2,8-9H2,1H3. The Morgan fingerprint density at radius 1 is 1.12 bits per heavy atom. The van der Waals surface area contributed by atoms with E-state index in [0.29, 0.717) is 18.8 Å². The highest BCUT2D eigenvalue weighted by Crippen LogP contribution is 2.01. The van der Waals surface area contributed by atoms with E-state index in [1.807, 2.05) is 6.92 Å². The van der Waals surface area contributed by atoms with Crippen LogP contribution in [0.5, 0.6) is 0 Å². The van der Waals surface area contributed by atoms with Gasteiger partial charge in [-0.2, -0.15) is 0 Å². The van der Waals surface area contributed by atoms with Crippen molar-refractivity contribution in [2.24, 2.45) is 0 Å². The van der Waals surface area contributed by atoms with E-state index in [4.69, 9.17) is 9.47 Å². The van der Waals surface area contributed by atoms with Crippen molar-refractivity contribution in [1.82, 2.24) is 0 Å². The number of Topliss-reactive ketones (excluding diaryl/α,β-unsaturated/α-hetero) is 1. The number of carbonyl (C=O) groups excluding carboxylic acids is 2. The van der Waals surface area contributed by atoms with Crippen LogP contribution in [-0.4, -0.2) is 31.6 Å². The Morgan fingerprint density at radius 3 is 2.44 bits per heavy atom. The predicted molar refractivity (Wildman–Crippen MR) is 58.2 cm³/mol. The highest BCUT2D eigenvalue weighted by atomic mass is 16.6. The summed E-state index contributed by atoms with van der Waals surface area (Å²) in [5.41, 5.74) is 0.337. The van der Waals surface area contributed by atoms with Gasteiger partial charge in [0.25, 0.3) is 5.78 Å². The molecule has 0 heterocycles. The number of esters is 1. The zero-order chi connectivity index (χ0) is 11.8. The Kier molecular flexibility index (Phi) is 5.22. The number of ketones is 1. The summed E-state index contributed by atoms with van der Waals surface area (Å²) in [5.74, 6) is -1.47. The smallest absolute Gasteiger partial charge is 0.379 e. The van der Waals surface area contributed by atoms with Crippen molar-refractivity contribution in [3.05, 3.63) is 35.9 Å². The Morgan fingerprint density at radius 2 is 1.81 bits per heavy atom. The predicted octanol–water partition coefficient (Wildman–Crippen LogP) is 1.45. The van der Waals surface area contributed by atoms with E-state index in [9.17, 15) is 9.59 Å². The fourth-order valence-electron chi connectivity index (χ4n) is 1.11. The van der Waals surface area contributed by atoms with Crippen molar-refractivity contribution in [3.8, 4) is 0 Å². The molecule has 0 amide bonds. The molecule has 0 N–H and O–H groups in total. The minimum Gasteiger partial charge on any atom is -0.457 e. The molecule has 16 heavy (non-hydrogen) atoms. The monoisotopic (exact) mass is 222 g/mol. The second-order valence-electron chi connectivity index (χ2n) is 3.03. The first kappa shape index (κ1) is 12.4. The Bertz CT molecular complexity index is 345. The lowest BCUT2D eigenvalue weighted by Crippen LogP contribution is -2.19. The van der Waals surface area contributed by atoms with Gasteiger partial charge in [0.05, 0.1) is 6.61 Å². The van der Waals surface area contributed by atoms with E-state index in [0.717, 1.165) is 0 Å². The van der Waals surface area contributed by atoms with Crippen molar-refractivity contribution in [2.75, 3.05) is 19.8 Å². The first-order valence-electron chi connectivity index (χ1n) is 5.10. The van der Waals surface area contributed by atoms with Crippen LogP contribution >= 0.6 is 0 Å². The summed E-state index contributed by atoms with van der Waals surface area (Å²) >= 11 is 0. The van der Waals surface area contributed by atoms with Gasteiger partial charge >= 0.3 is 5.97 Å².